The highest BCUT2D eigenvalue weighted by molar-refractivity contribution is 5.43. The molecule has 1 aromatic rings. The first-order valence-corrected chi connectivity index (χ1v) is 4.61. The molecule has 0 heterocycles. The first-order chi connectivity index (χ1) is 6.77. The van der Waals surface area contributed by atoms with Crippen LogP contribution in [0.5, 0.6) is 0 Å². The van der Waals surface area contributed by atoms with Gasteiger partial charge in [-0.05, 0) is 31.2 Å². The first kappa shape index (κ1) is 10.8. The number of aryl methyl sites for hydroxylation is 1. The molecule has 1 aromatic carbocycles. The second-order valence-corrected chi connectivity index (χ2v) is 3.14. The van der Waals surface area contributed by atoms with Gasteiger partial charge < -0.3 is 10.4 Å². The van der Waals surface area contributed by atoms with E-state index in [1.165, 1.54) is 0 Å². The van der Waals surface area contributed by atoms with Gasteiger partial charge in [0, 0.05) is 5.56 Å². The lowest BCUT2D eigenvalue weighted by Crippen LogP contribution is -2.04. The van der Waals surface area contributed by atoms with Crippen LogP contribution in [0.1, 0.15) is 16.7 Å². The first-order valence-electron chi connectivity index (χ1n) is 4.61. The number of hydrogen-bond donors (Lipinski definition) is 2. The maximum absolute atomic E-state index is 8.96. The summed E-state index contributed by atoms with van der Waals surface area (Å²) in [6, 6.07) is 5.82. The quantitative estimate of drug-likeness (QED) is 0.682. The molecule has 0 fully saturated rings. The zero-order valence-corrected chi connectivity index (χ0v) is 8.59. The Labute approximate surface area is 85.0 Å². The monoisotopic (exact) mass is 189 g/mol. The minimum Gasteiger partial charge on any atom is -0.392 e. The molecule has 2 N–H and O–H groups in total. The second-order valence-electron chi connectivity index (χ2n) is 3.14. The third-order valence-corrected chi connectivity index (χ3v) is 1.97. The minimum absolute atomic E-state index is 0.0704. The van der Waals surface area contributed by atoms with Gasteiger partial charge in [-0.1, -0.05) is 24.0 Å². The maximum atomic E-state index is 8.96. The minimum atomic E-state index is 0.0704. The van der Waals surface area contributed by atoms with Gasteiger partial charge in [-0.3, -0.25) is 0 Å². The van der Waals surface area contributed by atoms with Crippen LogP contribution < -0.4 is 5.32 Å². The Bertz CT molecular complexity index is 360. The molecule has 14 heavy (non-hydrogen) atoms. The molecule has 0 radical (unpaired) electrons. The van der Waals surface area contributed by atoms with E-state index >= 15 is 0 Å². The standard InChI is InChI=1S/C12H15NO/c1-10-5-6-11(9-14)8-12(10)4-3-7-13-2/h5-6,8,13-14H,7,9H2,1-2H3. The molecule has 2 heteroatoms. The van der Waals surface area contributed by atoms with Gasteiger partial charge in [0.2, 0.25) is 0 Å². The van der Waals surface area contributed by atoms with Gasteiger partial charge in [0.1, 0.15) is 0 Å². The van der Waals surface area contributed by atoms with E-state index in [9.17, 15) is 0 Å². The maximum Gasteiger partial charge on any atom is 0.0682 e. The molecule has 0 saturated carbocycles. The van der Waals surface area contributed by atoms with Crippen LogP contribution in [0.15, 0.2) is 18.2 Å². The Kier molecular flexibility index (Phi) is 4.18. The summed E-state index contributed by atoms with van der Waals surface area (Å²) in [7, 11) is 1.87. The predicted molar refractivity (Wildman–Crippen MR) is 57.9 cm³/mol. The van der Waals surface area contributed by atoms with Gasteiger partial charge in [0.05, 0.1) is 13.2 Å². The van der Waals surface area contributed by atoms with Gasteiger partial charge in [-0.2, -0.15) is 0 Å². The molecule has 0 atom stereocenters. The molecule has 0 aromatic heterocycles. The third kappa shape index (κ3) is 2.88. The molecular formula is C12H15NO. The largest absolute Gasteiger partial charge is 0.392 e. The normalized spacial score (nSPS) is 9.36. The molecule has 0 aliphatic rings. The smallest absolute Gasteiger partial charge is 0.0682 e. The lowest BCUT2D eigenvalue weighted by Gasteiger charge is -2.00. The third-order valence-electron chi connectivity index (χ3n) is 1.97. The molecule has 0 unspecified atom stereocenters. The average Bonchev–Trinajstić information content (AvgIpc) is 2.21. The van der Waals surface area contributed by atoms with Gasteiger partial charge >= 0.3 is 0 Å². The molecule has 1 rings (SSSR count). The predicted octanol–water partition coefficient (Wildman–Crippen LogP) is 1.06. The lowest BCUT2D eigenvalue weighted by atomic mass is 10.1. The van der Waals surface area contributed by atoms with E-state index in [4.69, 9.17) is 5.11 Å². The molecule has 0 bridgehead atoms. The van der Waals surface area contributed by atoms with E-state index in [1.54, 1.807) is 0 Å². The van der Waals surface area contributed by atoms with Crippen LogP contribution in [-0.2, 0) is 6.61 Å². The molecule has 2 nitrogen and oxygen atoms in total. The summed E-state index contributed by atoms with van der Waals surface area (Å²) in [6.07, 6.45) is 0. The van der Waals surface area contributed by atoms with Crippen LogP contribution in [0.3, 0.4) is 0 Å². The van der Waals surface area contributed by atoms with E-state index < -0.39 is 0 Å². The molecule has 74 valence electrons. The fraction of sp³-hybridized carbons (Fsp3) is 0.333. The highest BCUT2D eigenvalue weighted by Crippen LogP contribution is 2.09. The van der Waals surface area contributed by atoms with Crippen LogP contribution in [0.2, 0.25) is 0 Å². The van der Waals surface area contributed by atoms with E-state index in [-0.39, 0.29) is 6.61 Å². The second kappa shape index (κ2) is 5.43. The number of hydrogen-bond acceptors (Lipinski definition) is 2. The zero-order chi connectivity index (χ0) is 10.4. The number of rotatable bonds is 2. The molecule has 0 aliphatic heterocycles. The van der Waals surface area contributed by atoms with E-state index in [2.05, 4.69) is 17.2 Å². The van der Waals surface area contributed by atoms with Crippen LogP contribution in [-0.4, -0.2) is 18.7 Å². The molecule has 0 amide bonds. The van der Waals surface area contributed by atoms with Crippen molar-refractivity contribution in [1.29, 1.82) is 0 Å². The average molecular weight is 189 g/mol. The lowest BCUT2D eigenvalue weighted by molar-refractivity contribution is 0.282. The van der Waals surface area contributed by atoms with Crippen molar-refractivity contribution < 1.29 is 5.11 Å². The van der Waals surface area contributed by atoms with Crippen LogP contribution in [0, 0.1) is 18.8 Å². The van der Waals surface area contributed by atoms with Gasteiger partial charge in [-0.25, -0.2) is 0 Å². The number of benzene rings is 1. The van der Waals surface area contributed by atoms with Crippen LogP contribution in [0.25, 0.3) is 0 Å². The Hall–Kier alpha value is -1.30. The fourth-order valence-electron chi connectivity index (χ4n) is 1.13. The summed E-state index contributed by atoms with van der Waals surface area (Å²) >= 11 is 0. The van der Waals surface area contributed by atoms with Crippen molar-refractivity contribution in [2.75, 3.05) is 13.6 Å². The molecule has 0 aliphatic carbocycles. The van der Waals surface area contributed by atoms with Crippen molar-refractivity contribution in [2.45, 2.75) is 13.5 Å². The summed E-state index contributed by atoms with van der Waals surface area (Å²) < 4.78 is 0. The van der Waals surface area contributed by atoms with Crippen molar-refractivity contribution in [3.05, 3.63) is 34.9 Å². The number of aliphatic hydroxyl groups is 1. The van der Waals surface area contributed by atoms with Crippen LogP contribution in [0.4, 0.5) is 0 Å². The van der Waals surface area contributed by atoms with E-state index in [1.807, 2.05) is 32.2 Å². The summed E-state index contributed by atoms with van der Waals surface area (Å²) in [5.74, 6) is 6.07. The van der Waals surface area contributed by atoms with Crippen molar-refractivity contribution in [3.63, 3.8) is 0 Å². The van der Waals surface area contributed by atoms with Gasteiger partial charge in [0.25, 0.3) is 0 Å². The zero-order valence-electron chi connectivity index (χ0n) is 8.59. The highest BCUT2D eigenvalue weighted by atomic mass is 16.3. The summed E-state index contributed by atoms with van der Waals surface area (Å²) in [6.45, 7) is 2.77. The Balaban J connectivity index is 2.91. The summed E-state index contributed by atoms with van der Waals surface area (Å²) in [5, 5.41) is 11.9. The summed E-state index contributed by atoms with van der Waals surface area (Å²) in [5.41, 5.74) is 3.04. The summed E-state index contributed by atoms with van der Waals surface area (Å²) in [4.78, 5) is 0. The Morgan fingerprint density at radius 1 is 1.43 bits per heavy atom. The van der Waals surface area contributed by atoms with Crippen molar-refractivity contribution in [3.8, 4) is 11.8 Å². The molecule has 0 saturated heterocycles. The SMILES string of the molecule is CNCC#Cc1cc(CO)ccc1C. The molecule has 0 spiro atoms. The molecular weight excluding hydrogens is 174 g/mol. The topological polar surface area (TPSA) is 32.3 Å². The Morgan fingerprint density at radius 2 is 2.21 bits per heavy atom. The van der Waals surface area contributed by atoms with E-state index in [0.717, 1.165) is 16.7 Å². The van der Waals surface area contributed by atoms with Crippen molar-refractivity contribution in [1.82, 2.24) is 5.32 Å². The van der Waals surface area contributed by atoms with E-state index in [0.29, 0.717) is 6.54 Å². The van der Waals surface area contributed by atoms with Gasteiger partial charge in [0.15, 0.2) is 0 Å². The Morgan fingerprint density at radius 3 is 2.86 bits per heavy atom. The van der Waals surface area contributed by atoms with Gasteiger partial charge in [-0.15, -0.1) is 0 Å². The highest BCUT2D eigenvalue weighted by Gasteiger charge is 1.96. The van der Waals surface area contributed by atoms with Crippen molar-refractivity contribution >= 4 is 0 Å². The number of aliphatic hydroxyl groups excluding tert-OH is 1. The van der Waals surface area contributed by atoms with Crippen LogP contribution >= 0.6 is 0 Å². The number of nitrogens with one attached hydrogen (secondary N) is 1. The van der Waals surface area contributed by atoms with Crippen molar-refractivity contribution in [2.24, 2.45) is 0 Å². The fourth-order valence-corrected chi connectivity index (χ4v) is 1.13.